The van der Waals surface area contributed by atoms with E-state index in [2.05, 4.69) is 4.98 Å². The van der Waals surface area contributed by atoms with Crippen molar-refractivity contribution in [2.75, 3.05) is 0 Å². The van der Waals surface area contributed by atoms with Crippen molar-refractivity contribution in [2.45, 2.75) is 26.2 Å². The summed E-state index contributed by atoms with van der Waals surface area (Å²) in [6.45, 7) is 3.79. The summed E-state index contributed by atoms with van der Waals surface area (Å²) in [5.41, 5.74) is 0.461. The molecule has 0 saturated carbocycles. The minimum Gasteiger partial charge on any atom is -0.507 e. The first-order valence-electron chi connectivity index (χ1n) is 5.59. The molecule has 0 aliphatic heterocycles. The quantitative estimate of drug-likeness (QED) is 0.840. The standard InChI is InChI=1S/C13H14FNO2/c1-3-7(2)11-12(16)9-6-8(14)4-5-10(9)15-13(11)17/h4-7H,3H2,1-2H3,(H2,15,16,17). The Kier molecular flexibility index (Phi) is 2.88. The summed E-state index contributed by atoms with van der Waals surface area (Å²) in [6.07, 6.45) is 0.734. The van der Waals surface area contributed by atoms with Crippen LogP contribution in [0.2, 0.25) is 0 Å². The van der Waals surface area contributed by atoms with Crippen LogP contribution in [0.4, 0.5) is 4.39 Å². The summed E-state index contributed by atoms with van der Waals surface area (Å²) in [7, 11) is 0. The maximum Gasteiger partial charge on any atom is 0.255 e. The first-order valence-corrected chi connectivity index (χ1v) is 5.59. The number of hydrogen-bond donors (Lipinski definition) is 2. The average molecular weight is 235 g/mol. The Morgan fingerprint density at radius 3 is 2.82 bits per heavy atom. The van der Waals surface area contributed by atoms with Gasteiger partial charge in [-0.05, 0) is 30.5 Å². The van der Waals surface area contributed by atoms with Crippen LogP contribution in [0.5, 0.6) is 5.75 Å². The lowest BCUT2D eigenvalue weighted by atomic mass is 9.97. The lowest BCUT2D eigenvalue weighted by Gasteiger charge is -2.12. The van der Waals surface area contributed by atoms with E-state index in [1.165, 1.54) is 18.2 Å². The molecule has 2 rings (SSSR count). The number of benzene rings is 1. The number of H-pyrrole nitrogens is 1. The SMILES string of the molecule is CCC(C)c1c(O)c2cc(F)ccc2[nH]c1=O. The Hall–Kier alpha value is -1.84. The molecule has 2 N–H and O–H groups in total. The lowest BCUT2D eigenvalue weighted by Crippen LogP contribution is -2.15. The predicted molar refractivity (Wildman–Crippen MR) is 64.9 cm³/mol. The van der Waals surface area contributed by atoms with Crippen LogP contribution in [-0.4, -0.2) is 10.1 Å². The van der Waals surface area contributed by atoms with Crippen molar-refractivity contribution < 1.29 is 9.50 Å². The van der Waals surface area contributed by atoms with E-state index in [4.69, 9.17) is 0 Å². The van der Waals surface area contributed by atoms with Crippen LogP contribution in [0.1, 0.15) is 31.7 Å². The van der Waals surface area contributed by atoms with Crippen molar-refractivity contribution in [3.05, 3.63) is 39.9 Å². The summed E-state index contributed by atoms with van der Waals surface area (Å²) in [6, 6.07) is 3.93. The molecule has 1 heterocycles. The summed E-state index contributed by atoms with van der Waals surface area (Å²) in [4.78, 5) is 14.5. The van der Waals surface area contributed by atoms with E-state index in [9.17, 15) is 14.3 Å². The fourth-order valence-electron chi connectivity index (χ4n) is 1.92. The molecule has 0 radical (unpaired) electrons. The normalized spacial score (nSPS) is 12.9. The van der Waals surface area contributed by atoms with E-state index >= 15 is 0 Å². The monoisotopic (exact) mass is 235 g/mol. The molecule has 0 amide bonds. The van der Waals surface area contributed by atoms with E-state index in [0.717, 1.165) is 6.42 Å². The van der Waals surface area contributed by atoms with Gasteiger partial charge in [0.25, 0.3) is 5.56 Å². The first kappa shape index (κ1) is 11.6. The molecule has 2 aromatic rings. The third kappa shape index (κ3) is 1.90. The number of rotatable bonds is 2. The highest BCUT2D eigenvalue weighted by Gasteiger charge is 2.16. The minimum absolute atomic E-state index is 0.0635. The lowest BCUT2D eigenvalue weighted by molar-refractivity contribution is 0.465. The first-order chi connectivity index (χ1) is 8.04. The molecule has 1 aromatic carbocycles. The number of pyridine rings is 1. The number of halogens is 1. The Morgan fingerprint density at radius 1 is 1.47 bits per heavy atom. The molecule has 0 aliphatic carbocycles. The molecule has 3 nitrogen and oxygen atoms in total. The largest absolute Gasteiger partial charge is 0.507 e. The minimum atomic E-state index is -0.435. The molecule has 0 saturated heterocycles. The van der Waals surface area contributed by atoms with Crippen molar-refractivity contribution >= 4 is 10.9 Å². The summed E-state index contributed by atoms with van der Waals surface area (Å²) in [5.74, 6) is -0.612. The molecule has 1 aromatic heterocycles. The number of fused-ring (bicyclic) bond motifs is 1. The predicted octanol–water partition coefficient (Wildman–Crippen LogP) is 2.89. The average Bonchev–Trinajstić information content (AvgIpc) is 2.30. The summed E-state index contributed by atoms with van der Waals surface area (Å²) >= 11 is 0. The van der Waals surface area contributed by atoms with Crippen LogP contribution in [0, 0.1) is 5.82 Å². The molecule has 0 fully saturated rings. The second-order valence-electron chi connectivity index (χ2n) is 4.22. The van der Waals surface area contributed by atoms with Gasteiger partial charge in [0.2, 0.25) is 0 Å². The maximum absolute atomic E-state index is 13.1. The Balaban J connectivity index is 2.82. The van der Waals surface area contributed by atoms with Crippen LogP contribution in [0.25, 0.3) is 10.9 Å². The number of hydrogen-bond acceptors (Lipinski definition) is 2. The Labute approximate surface area is 97.9 Å². The number of nitrogens with one attached hydrogen (secondary N) is 1. The van der Waals surface area contributed by atoms with Gasteiger partial charge in [-0.25, -0.2) is 4.39 Å². The fraction of sp³-hybridized carbons (Fsp3) is 0.308. The fourth-order valence-corrected chi connectivity index (χ4v) is 1.92. The van der Waals surface area contributed by atoms with Gasteiger partial charge >= 0.3 is 0 Å². The van der Waals surface area contributed by atoms with Crippen LogP contribution < -0.4 is 5.56 Å². The Bertz CT molecular complexity index is 619. The van der Waals surface area contributed by atoms with Gasteiger partial charge in [-0.1, -0.05) is 13.8 Å². The maximum atomic E-state index is 13.1. The summed E-state index contributed by atoms with van der Waals surface area (Å²) in [5, 5.41) is 10.4. The number of aromatic hydroxyl groups is 1. The second-order valence-corrected chi connectivity index (χ2v) is 4.22. The van der Waals surface area contributed by atoms with Crippen LogP contribution >= 0.6 is 0 Å². The van der Waals surface area contributed by atoms with Crippen LogP contribution in [0.15, 0.2) is 23.0 Å². The second kappa shape index (κ2) is 4.20. The van der Waals surface area contributed by atoms with Crippen LogP contribution in [0.3, 0.4) is 0 Å². The highest BCUT2D eigenvalue weighted by Crippen LogP contribution is 2.30. The van der Waals surface area contributed by atoms with Crippen LogP contribution in [-0.2, 0) is 0 Å². The van der Waals surface area contributed by atoms with E-state index in [1.807, 2.05) is 13.8 Å². The van der Waals surface area contributed by atoms with Gasteiger partial charge in [0, 0.05) is 5.39 Å². The number of aromatic nitrogens is 1. The van der Waals surface area contributed by atoms with Gasteiger partial charge in [-0.2, -0.15) is 0 Å². The molecule has 1 unspecified atom stereocenters. The van der Waals surface area contributed by atoms with E-state index in [1.54, 1.807) is 0 Å². The van der Waals surface area contributed by atoms with E-state index in [0.29, 0.717) is 16.5 Å². The molecular formula is C13H14FNO2. The highest BCUT2D eigenvalue weighted by molar-refractivity contribution is 5.85. The molecule has 0 aliphatic rings. The van der Waals surface area contributed by atoms with Crippen molar-refractivity contribution in [1.82, 2.24) is 4.98 Å². The smallest absolute Gasteiger partial charge is 0.255 e. The zero-order valence-corrected chi connectivity index (χ0v) is 9.75. The van der Waals surface area contributed by atoms with Crippen molar-refractivity contribution in [2.24, 2.45) is 0 Å². The van der Waals surface area contributed by atoms with Gasteiger partial charge in [0.15, 0.2) is 0 Å². The van der Waals surface area contributed by atoms with Crippen molar-refractivity contribution in [3.8, 4) is 5.75 Å². The molecular weight excluding hydrogens is 221 g/mol. The topological polar surface area (TPSA) is 53.1 Å². The van der Waals surface area contributed by atoms with Gasteiger partial charge < -0.3 is 10.1 Å². The molecule has 1 atom stereocenters. The molecule has 4 heteroatoms. The van der Waals surface area contributed by atoms with E-state index in [-0.39, 0.29) is 17.2 Å². The third-order valence-corrected chi connectivity index (χ3v) is 3.09. The summed E-state index contributed by atoms with van der Waals surface area (Å²) < 4.78 is 13.1. The number of aromatic amines is 1. The zero-order valence-electron chi connectivity index (χ0n) is 9.75. The van der Waals surface area contributed by atoms with Gasteiger partial charge in [-0.3, -0.25) is 4.79 Å². The third-order valence-electron chi connectivity index (χ3n) is 3.09. The van der Waals surface area contributed by atoms with Gasteiger partial charge in [0.05, 0.1) is 11.1 Å². The van der Waals surface area contributed by atoms with Gasteiger partial charge in [-0.15, -0.1) is 0 Å². The molecule has 0 spiro atoms. The molecule has 0 bridgehead atoms. The zero-order chi connectivity index (χ0) is 12.6. The van der Waals surface area contributed by atoms with Crippen molar-refractivity contribution in [1.29, 1.82) is 0 Å². The van der Waals surface area contributed by atoms with Gasteiger partial charge in [0.1, 0.15) is 11.6 Å². The Morgan fingerprint density at radius 2 is 2.18 bits per heavy atom. The molecule has 90 valence electrons. The van der Waals surface area contributed by atoms with E-state index < -0.39 is 5.82 Å². The highest BCUT2D eigenvalue weighted by atomic mass is 19.1. The van der Waals surface area contributed by atoms with Crippen molar-refractivity contribution in [3.63, 3.8) is 0 Å². The molecule has 17 heavy (non-hydrogen) atoms.